The summed E-state index contributed by atoms with van der Waals surface area (Å²) in [6.45, 7) is 2.02. The quantitative estimate of drug-likeness (QED) is 0.813. The highest BCUT2D eigenvalue weighted by atomic mass is 15.1. The molecule has 0 spiro atoms. The largest absolute Gasteiger partial charge is 0.384 e. The molecule has 0 bridgehead atoms. The van der Waals surface area contributed by atoms with E-state index in [1.807, 2.05) is 25.3 Å². The van der Waals surface area contributed by atoms with Gasteiger partial charge < -0.3 is 11.1 Å². The zero-order chi connectivity index (χ0) is 11.4. The number of rotatable bonds is 3. The van der Waals surface area contributed by atoms with Crippen LogP contribution in [0.4, 0.5) is 11.8 Å². The fourth-order valence-corrected chi connectivity index (χ4v) is 1.35. The number of nitrogens with one attached hydrogen (secondary N) is 1. The standard InChI is InChI=1S/C11H13N5/c1-8(9-3-2-5-13-7-9)15-11-14-6-4-10(12)16-11/h2-8H,1H3,(H3,12,14,15,16). The topological polar surface area (TPSA) is 76.7 Å². The van der Waals surface area contributed by atoms with E-state index in [4.69, 9.17) is 5.73 Å². The minimum atomic E-state index is 0.0931. The maximum Gasteiger partial charge on any atom is 0.225 e. The molecule has 0 aliphatic carbocycles. The number of hydrogen-bond donors (Lipinski definition) is 2. The van der Waals surface area contributed by atoms with Crippen LogP contribution in [0.2, 0.25) is 0 Å². The van der Waals surface area contributed by atoms with E-state index in [9.17, 15) is 0 Å². The van der Waals surface area contributed by atoms with Crippen LogP contribution in [0.25, 0.3) is 0 Å². The normalized spacial score (nSPS) is 12.1. The molecule has 0 amide bonds. The molecule has 1 atom stereocenters. The number of hydrogen-bond acceptors (Lipinski definition) is 5. The van der Waals surface area contributed by atoms with Crippen molar-refractivity contribution in [2.24, 2.45) is 0 Å². The van der Waals surface area contributed by atoms with Crippen molar-refractivity contribution < 1.29 is 0 Å². The average Bonchev–Trinajstić information content (AvgIpc) is 2.30. The number of nitrogens with zero attached hydrogens (tertiary/aromatic N) is 3. The number of pyridine rings is 1. The average molecular weight is 215 g/mol. The van der Waals surface area contributed by atoms with Crippen LogP contribution >= 0.6 is 0 Å². The van der Waals surface area contributed by atoms with Crippen molar-refractivity contribution in [1.82, 2.24) is 15.0 Å². The highest BCUT2D eigenvalue weighted by molar-refractivity contribution is 5.37. The summed E-state index contributed by atoms with van der Waals surface area (Å²) >= 11 is 0. The smallest absolute Gasteiger partial charge is 0.225 e. The zero-order valence-electron chi connectivity index (χ0n) is 8.96. The van der Waals surface area contributed by atoms with Crippen LogP contribution in [0.1, 0.15) is 18.5 Å². The molecule has 2 aromatic rings. The first-order valence-corrected chi connectivity index (χ1v) is 5.00. The van der Waals surface area contributed by atoms with Gasteiger partial charge in [-0.1, -0.05) is 6.07 Å². The number of anilines is 2. The van der Waals surface area contributed by atoms with E-state index in [-0.39, 0.29) is 6.04 Å². The molecule has 16 heavy (non-hydrogen) atoms. The Labute approximate surface area is 93.8 Å². The van der Waals surface area contributed by atoms with Gasteiger partial charge in [0.1, 0.15) is 5.82 Å². The second-order valence-electron chi connectivity index (χ2n) is 3.46. The Morgan fingerprint density at radius 3 is 2.88 bits per heavy atom. The van der Waals surface area contributed by atoms with Gasteiger partial charge in [0.2, 0.25) is 5.95 Å². The summed E-state index contributed by atoms with van der Waals surface area (Å²) in [6.07, 6.45) is 5.18. The Morgan fingerprint density at radius 2 is 2.19 bits per heavy atom. The predicted octanol–water partition coefficient (Wildman–Crippen LogP) is 1.63. The molecule has 0 aliphatic rings. The fourth-order valence-electron chi connectivity index (χ4n) is 1.35. The van der Waals surface area contributed by atoms with Crippen molar-refractivity contribution in [3.05, 3.63) is 42.4 Å². The van der Waals surface area contributed by atoms with Gasteiger partial charge in [-0.3, -0.25) is 4.98 Å². The summed E-state index contributed by atoms with van der Waals surface area (Å²) in [6, 6.07) is 5.64. The third kappa shape index (κ3) is 2.44. The third-order valence-corrected chi connectivity index (χ3v) is 2.21. The Morgan fingerprint density at radius 1 is 1.31 bits per heavy atom. The van der Waals surface area contributed by atoms with E-state index in [1.54, 1.807) is 18.5 Å². The molecule has 2 aromatic heterocycles. The van der Waals surface area contributed by atoms with E-state index in [2.05, 4.69) is 20.3 Å². The minimum absolute atomic E-state index is 0.0931. The van der Waals surface area contributed by atoms with Crippen LogP contribution in [0.3, 0.4) is 0 Å². The molecule has 2 heterocycles. The lowest BCUT2D eigenvalue weighted by Crippen LogP contribution is -2.10. The molecule has 2 rings (SSSR count). The lowest BCUT2D eigenvalue weighted by atomic mass is 10.1. The predicted molar refractivity (Wildman–Crippen MR) is 62.7 cm³/mol. The second kappa shape index (κ2) is 4.57. The number of aromatic nitrogens is 3. The molecular weight excluding hydrogens is 202 g/mol. The molecule has 3 N–H and O–H groups in total. The van der Waals surface area contributed by atoms with Gasteiger partial charge >= 0.3 is 0 Å². The lowest BCUT2D eigenvalue weighted by molar-refractivity contribution is 0.854. The van der Waals surface area contributed by atoms with E-state index < -0.39 is 0 Å². The van der Waals surface area contributed by atoms with Gasteiger partial charge in [0.15, 0.2) is 0 Å². The first-order valence-electron chi connectivity index (χ1n) is 5.00. The summed E-state index contributed by atoms with van der Waals surface area (Å²) in [5.41, 5.74) is 6.65. The van der Waals surface area contributed by atoms with E-state index in [0.29, 0.717) is 11.8 Å². The number of nitrogens with two attached hydrogens (primary N) is 1. The molecule has 0 fully saturated rings. The Bertz CT molecular complexity index is 457. The highest BCUT2D eigenvalue weighted by Crippen LogP contribution is 2.15. The molecule has 0 aromatic carbocycles. The van der Waals surface area contributed by atoms with Crippen LogP contribution < -0.4 is 11.1 Å². The monoisotopic (exact) mass is 215 g/mol. The molecule has 0 saturated carbocycles. The summed E-state index contributed by atoms with van der Waals surface area (Å²) < 4.78 is 0. The van der Waals surface area contributed by atoms with Crippen molar-refractivity contribution in [2.75, 3.05) is 11.1 Å². The van der Waals surface area contributed by atoms with Gasteiger partial charge in [-0.2, -0.15) is 4.98 Å². The first kappa shape index (κ1) is 10.4. The van der Waals surface area contributed by atoms with Gasteiger partial charge in [-0.25, -0.2) is 4.98 Å². The van der Waals surface area contributed by atoms with Crippen LogP contribution in [0.15, 0.2) is 36.8 Å². The SMILES string of the molecule is CC(Nc1nccc(N)n1)c1cccnc1. The zero-order valence-corrected chi connectivity index (χ0v) is 8.96. The van der Waals surface area contributed by atoms with Crippen LogP contribution in [0.5, 0.6) is 0 Å². The van der Waals surface area contributed by atoms with Gasteiger partial charge in [-0.15, -0.1) is 0 Å². The Balaban J connectivity index is 2.11. The summed E-state index contributed by atoms with van der Waals surface area (Å²) in [4.78, 5) is 12.2. The number of nitrogen functional groups attached to an aromatic ring is 1. The maximum atomic E-state index is 5.57. The second-order valence-corrected chi connectivity index (χ2v) is 3.46. The van der Waals surface area contributed by atoms with Gasteiger partial charge in [-0.05, 0) is 24.6 Å². The molecule has 1 unspecified atom stereocenters. The molecule has 0 radical (unpaired) electrons. The van der Waals surface area contributed by atoms with Crippen LogP contribution in [0, 0.1) is 0 Å². The molecular formula is C11H13N5. The maximum absolute atomic E-state index is 5.57. The highest BCUT2D eigenvalue weighted by Gasteiger charge is 2.06. The third-order valence-electron chi connectivity index (χ3n) is 2.21. The van der Waals surface area contributed by atoms with Gasteiger partial charge in [0.05, 0.1) is 6.04 Å². The van der Waals surface area contributed by atoms with Crippen molar-refractivity contribution in [2.45, 2.75) is 13.0 Å². The lowest BCUT2D eigenvalue weighted by Gasteiger charge is -2.13. The van der Waals surface area contributed by atoms with Gasteiger partial charge in [0, 0.05) is 18.6 Å². The summed E-state index contributed by atoms with van der Waals surface area (Å²) in [5.74, 6) is 0.979. The molecule has 5 heteroatoms. The molecule has 0 saturated heterocycles. The van der Waals surface area contributed by atoms with Crippen molar-refractivity contribution in [3.63, 3.8) is 0 Å². The van der Waals surface area contributed by atoms with Crippen molar-refractivity contribution >= 4 is 11.8 Å². The van der Waals surface area contributed by atoms with Crippen molar-refractivity contribution in [1.29, 1.82) is 0 Å². The van der Waals surface area contributed by atoms with Crippen LogP contribution in [-0.4, -0.2) is 15.0 Å². The molecule has 0 aliphatic heterocycles. The van der Waals surface area contributed by atoms with E-state index >= 15 is 0 Å². The van der Waals surface area contributed by atoms with E-state index in [1.165, 1.54) is 0 Å². The van der Waals surface area contributed by atoms with Crippen LogP contribution in [-0.2, 0) is 0 Å². The summed E-state index contributed by atoms with van der Waals surface area (Å²) in [5, 5.41) is 3.16. The van der Waals surface area contributed by atoms with Gasteiger partial charge in [0.25, 0.3) is 0 Å². The minimum Gasteiger partial charge on any atom is -0.384 e. The first-order chi connectivity index (χ1) is 7.75. The summed E-state index contributed by atoms with van der Waals surface area (Å²) in [7, 11) is 0. The van der Waals surface area contributed by atoms with E-state index in [0.717, 1.165) is 5.56 Å². The Hall–Kier alpha value is -2.17. The van der Waals surface area contributed by atoms with Crippen molar-refractivity contribution in [3.8, 4) is 0 Å². The fraction of sp³-hybridized carbons (Fsp3) is 0.182. The molecule has 82 valence electrons. The Kier molecular flexibility index (Phi) is 2.95. The molecule has 5 nitrogen and oxygen atoms in total.